The normalized spacial score (nSPS) is 17.4. The second-order valence-electron chi connectivity index (χ2n) is 10.1. The van der Waals surface area contributed by atoms with Crippen LogP contribution in [0.4, 0.5) is 0 Å². The number of oxime groups is 1. The topological polar surface area (TPSA) is 85.7 Å². The zero-order valence-corrected chi connectivity index (χ0v) is 23.0. The van der Waals surface area contributed by atoms with Crippen molar-refractivity contribution in [3.05, 3.63) is 29.1 Å². The van der Waals surface area contributed by atoms with E-state index in [0.717, 1.165) is 35.9 Å². The molecule has 0 N–H and O–H groups in total. The molecular weight excluding hydrogens is 416 g/mol. The third-order valence-electron chi connectivity index (χ3n) is 5.34. The molecule has 9 nitrogen and oxygen atoms in total. The molecule has 2 aromatic rings. The van der Waals surface area contributed by atoms with Crippen LogP contribution in [0.3, 0.4) is 0 Å². The van der Waals surface area contributed by atoms with Crippen molar-refractivity contribution in [2.24, 2.45) is 24.4 Å². The zero-order valence-electron chi connectivity index (χ0n) is 23.0. The molecule has 0 unspecified atom stereocenters. The zero-order chi connectivity index (χ0) is 25.6. The lowest BCUT2D eigenvalue weighted by Gasteiger charge is -2.26. The van der Waals surface area contributed by atoms with E-state index < -0.39 is 0 Å². The van der Waals surface area contributed by atoms with Gasteiger partial charge in [-0.3, -0.25) is 14.4 Å². The quantitative estimate of drug-likeness (QED) is 0.577. The SMILES string of the molecule is CC1=NN(C)C(C)(C)C1.CC1=NOC(C)(C)C1.Cc1cc(C)n(C)n1.Cc1nc(C)n(C)n1. The van der Waals surface area contributed by atoms with Gasteiger partial charge in [0.1, 0.15) is 17.2 Å². The van der Waals surface area contributed by atoms with Gasteiger partial charge in [0, 0.05) is 45.4 Å². The standard InChI is InChI=1S/C7H14N2.C6H10N2.C6H11NO.C5H9N3/c1-6-5-7(2,3)9(4)8-6;1-5-4-6(2)8(3)7-5;1-5-4-6(2,3)8-7-5;1-4-6-5(2)8(3)7-4/h5H2,1-4H3;4H,1-3H3;4H2,1-3H3;1-3H3. The Kier molecular flexibility index (Phi) is 9.81. The molecule has 0 atom stereocenters. The maximum Gasteiger partial charge on any atom is 0.147 e. The Balaban J connectivity index is 0.000000220. The molecule has 0 radical (unpaired) electrons. The first kappa shape index (κ1) is 28.3. The van der Waals surface area contributed by atoms with Crippen molar-refractivity contribution in [2.75, 3.05) is 7.05 Å². The average Bonchev–Trinajstić information content (AvgIpc) is 3.30. The Morgan fingerprint density at radius 3 is 1.55 bits per heavy atom. The monoisotopic (exact) mass is 460 g/mol. The van der Waals surface area contributed by atoms with E-state index in [9.17, 15) is 0 Å². The molecule has 0 fully saturated rings. The largest absolute Gasteiger partial charge is 0.389 e. The summed E-state index contributed by atoms with van der Waals surface area (Å²) in [5.74, 6) is 1.80. The van der Waals surface area contributed by atoms with E-state index >= 15 is 0 Å². The van der Waals surface area contributed by atoms with Crippen LogP contribution in [0.1, 0.15) is 77.4 Å². The van der Waals surface area contributed by atoms with Gasteiger partial charge in [0.15, 0.2) is 0 Å². The van der Waals surface area contributed by atoms with Gasteiger partial charge in [0.05, 0.1) is 16.9 Å². The van der Waals surface area contributed by atoms with Gasteiger partial charge < -0.3 is 4.84 Å². The minimum absolute atomic E-state index is 0.0376. The van der Waals surface area contributed by atoms with E-state index in [2.05, 4.69) is 52.3 Å². The van der Waals surface area contributed by atoms with Crippen LogP contribution >= 0.6 is 0 Å². The van der Waals surface area contributed by atoms with E-state index in [1.807, 2.05) is 79.3 Å². The summed E-state index contributed by atoms with van der Waals surface area (Å²) in [6.45, 7) is 20.4. The summed E-state index contributed by atoms with van der Waals surface area (Å²) in [7, 11) is 5.86. The number of aryl methyl sites for hydroxylation is 6. The summed E-state index contributed by atoms with van der Waals surface area (Å²) in [6, 6.07) is 2.06. The predicted molar refractivity (Wildman–Crippen MR) is 136 cm³/mol. The van der Waals surface area contributed by atoms with Crippen LogP contribution in [0.5, 0.6) is 0 Å². The minimum Gasteiger partial charge on any atom is -0.389 e. The summed E-state index contributed by atoms with van der Waals surface area (Å²) >= 11 is 0. The third kappa shape index (κ3) is 9.75. The first-order valence-corrected chi connectivity index (χ1v) is 11.3. The lowest BCUT2D eigenvalue weighted by molar-refractivity contribution is 0.0123. The molecule has 9 heteroatoms. The molecule has 2 aliphatic heterocycles. The van der Waals surface area contributed by atoms with Crippen LogP contribution < -0.4 is 0 Å². The second kappa shape index (κ2) is 11.4. The fraction of sp³-hybridized carbons (Fsp3) is 0.708. The Bertz CT molecular complexity index is 882. The molecule has 2 aliphatic rings. The van der Waals surface area contributed by atoms with Gasteiger partial charge >= 0.3 is 0 Å². The van der Waals surface area contributed by atoms with Gasteiger partial charge in [0.2, 0.25) is 0 Å². The van der Waals surface area contributed by atoms with Crippen molar-refractivity contribution in [1.29, 1.82) is 0 Å². The van der Waals surface area contributed by atoms with E-state index in [4.69, 9.17) is 4.84 Å². The van der Waals surface area contributed by atoms with Crippen molar-refractivity contribution in [3.8, 4) is 0 Å². The smallest absolute Gasteiger partial charge is 0.147 e. The van der Waals surface area contributed by atoms with Crippen LogP contribution in [-0.4, -0.2) is 59.2 Å². The maximum atomic E-state index is 5.04. The molecule has 0 bridgehead atoms. The molecule has 0 aliphatic carbocycles. The molecule has 0 aromatic carbocycles. The highest BCUT2D eigenvalue weighted by atomic mass is 16.7. The predicted octanol–water partition coefficient (Wildman–Crippen LogP) is 4.51. The second-order valence-corrected chi connectivity index (χ2v) is 10.1. The number of hydrazone groups is 1. The van der Waals surface area contributed by atoms with E-state index in [-0.39, 0.29) is 11.1 Å². The first-order chi connectivity index (χ1) is 15.0. The van der Waals surface area contributed by atoms with E-state index in [1.54, 1.807) is 4.68 Å². The summed E-state index contributed by atoms with van der Waals surface area (Å²) in [6.07, 6.45) is 2.07. The fourth-order valence-electron chi connectivity index (χ4n) is 3.41. The van der Waals surface area contributed by atoms with Crippen LogP contribution in [-0.2, 0) is 18.9 Å². The van der Waals surface area contributed by atoms with Crippen LogP contribution in [0.25, 0.3) is 0 Å². The van der Waals surface area contributed by atoms with Gasteiger partial charge in [-0.25, -0.2) is 4.98 Å². The average molecular weight is 461 g/mol. The molecule has 186 valence electrons. The molecular formula is C24H44N8O. The molecule has 0 amide bonds. The van der Waals surface area contributed by atoms with Crippen LogP contribution in [0, 0.1) is 27.7 Å². The Hall–Kier alpha value is -2.71. The third-order valence-corrected chi connectivity index (χ3v) is 5.34. The molecule has 33 heavy (non-hydrogen) atoms. The summed E-state index contributed by atoms with van der Waals surface area (Å²) in [5.41, 5.74) is 4.85. The van der Waals surface area contributed by atoms with Gasteiger partial charge in [0.25, 0.3) is 0 Å². The summed E-state index contributed by atoms with van der Waals surface area (Å²) < 4.78 is 3.63. The number of hydrogen-bond acceptors (Lipinski definition) is 7. The number of nitrogens with zero attached hydrogens (tertiary/aromatic N) is 8. The van der Waals surface area contributed by atoms with Crippen molar-refractivity contribution >= 4 is 11.4 Å². The number of rotatable bonds is 0. The Morgan fingerprint density at radius 1 is 0.818 bits per heavy atom. The highest BCUT2D eigenvalue weighted by molar-refractivity contribution is 5.84. The highest BCUT2D eigenvalue weighted by Crippen LogP contribution is 2.24. The first-order valence-electron chi connectivity index (χ1n) is 11.3. The van der Waals surface area contributed by atoms with Crippen LogP contribution in [0.2, 0.25) is 0 Å². The van der Waals surface area contributed by atoms with Crippen molar-refractivity contribution in [2.45, 2.75) is 93.2 Å². The molecule has 2 aromatic heterocycles. The lowest BCUT2D eigenvalue weighted by Crippen LogP contribution is -2.32. The minimum atomic E-state index is -0.0376. The van der Waals surface area contributed by atoms with Gasteiger partial charge in [-0.05, 0) is 75.3 Å². The van der Waals surface area contributed by atoms with E-state index in [1.165, 1.54) is 11.4 Å². The van der Waals surface area contributed by atoms with Gasteiger partial charge in [-0.1, -0.05) is 5.16 Å². The van der Waals surface area contributed by atoms with Crippen LogP contribution in [0.15, 0.2) is 16.3 Å². The molecule has 4 heterocycles. The number of hydrogen-bond donors (Lipinski definition) is 0. The highest BCUT2D eigenvalue weighted by Gasteiger charge is 2.28. The molecule has 4 rings (SSSR count). The molecule has 0 saturated carbocycles. The van der Waals surface area contributed by atoms with Crippen molar-refractivity contribution in [3.63, 3.8) is 0 Å². The Morgan fingerprint density at radius 2 is 1.42 bits per heavy atom. The summed E-state index contributed by atoms with van der Waals surface area (Å²) in [4.78, 5) is 9.10. The van der Waals surface area contributed by atoms with E-state index in [0.29, 0.717) is 0 Å². The van der Waals surface area contributed by atoms with Gasteiger partial charge in [-0.2, -0.15) is 15.3 Å². The van der Waals surface area contributed by atoms with Crippen molar-refractivity contribution in [1.82, 2.24) is 29.6 Å². The summed E-state index contributed by atoms with van der Waals surface area (Å²) in [5, 5.41) is 18.3. The van der Waals surface area contributed by atoms with Crippen molar-refractivity contribution < 1.29 is 4.84 Å². The molecule has 0 spiro atoms. The maximum absolute atomic E-state index is 5.04. The Labute approximate surface area is 199 Å². The number of aromatic nitrogens is 5. The molecule has 0 saturated heterocycles. The lowest BCUT2D eigenvalue weighted by atomic mass is 10.00. The van der Waals surface area contributed by atoms with Gasteiger partial charge in [-0.15, -0.1) is 0 Å². The fourth-order valence-corrected chi connectivity index (χ4v) is 3.41.